The number of hydrogen-bond donors (Lipinski definition) is 2. The predicted molar refractivity (Wildman–Crippen MR) is 118 cm³/mol. The van der Waals surface area contributed by atoms with E-state index in [1.54, 1.807) is 0 Å². The van der Waals surface area contributed by atoms with Gasteiger partial charge >= 0.3 is 0 Å². The molecule has 2 heterocycles. The summed E-state index contributed by atoms with van der Waals surface area (Å²) in [4.78, 5) is 0. The zero-order valence-corrected chi connectivity index (χ0v) is 18.5. The highest BCUT2D eigenvalue weighted by atomic mass is 127. The Kier molecular flexibility index (Phi) is 5.18. The maximum absolute atomic E-state index is 5.91. The summed E-state index contributed by atoms with van der Waals surface area (Å²) in [5, 5.41) is 18.3. The van der Waals surface area contributed by atoms with Crippen LogP contribution < -0.4 is 5.32 Å². The third kappa shape index (κ3) is 3.86. The first-order valence-corrected chi connectivity index (χ1v) is 10.4. The van der Waals surface area contributed by atoms with Gasteiger partial charge in [0.25, 0.3) is 0 Å². The molecule has 0 amide bonds. The molecule has 6 nitrogen and oxygen atoms in total. The van der Waals surface area contributed by atoms with Crippen molar-refractivity contribution in [2.45, 2.75) is 26.3 Å². The minimum Gasteiger partial charge on any atom is -0.453 e. The smallest absolute Gasteiger partial charge is 0.215 e. The van der Waals surface area contributed by atoms with Gasteiger partial charge in [0.05, 0.1) is 0 Å². The Morgan fingerprint density at radius 3 is 2.78 bits per heavy atom. The lowest BCUT2D eigenvalue weighted by Gasteiger charge is -2.12. The molecule has 0 radical (unpaired) electrons. The molecule has 2 aromatic carbocycles. The number of aromatic amines is 1. The molecule has 0 aliphatic heterocycles. The number of benzene rings is 2. The molecule has 0 saturated carbocycles. The number of nitrogens with one attached hydrogen (secondary N) is 2. The SMILES string of the molecule is CC(C)c1ccc(NCc2cc3oc(-c4nnn[nH]4)cc3cc2I)cc1Br. The number of hydrogen-bond acceptors (Lipinski definition) is 5. The largest absolute Gasteiger partial charge is 0.453 e. The number of H-pyrrole nitrogens is 1. The summed E-state index contributed by atoms with van der Waals surface area (Å²) in [6, 6.07) is 12.5. The van der Waals surface area contributed by atoms with Crippen molar-refractivity contribution < 1.29 is 4.42 Å². The Labute approximate surface area is 178 Å². The Morgan fingerprint density at radius 2 is 2.07 bits per heavy atom. The maximum atomic E-state index is 5.91. The van der Waals surface area contributed by atoms with Gasteiger partial charge in [0.1, 0.15) is 5.58 Å². The lowest BCUT2D eigenvalue weighted by Crippen LogP contribution is -2.02. The number of anilines is 1. The number of tetrazole rings is 1. The van der Waals surface area contributed by atoms with Crippen molar-refractivity contribution in [1.82, 2.24) is 20.6 Å². The van der Waals surface area contributed by atoms with Crippen LogP contribution in [0.3, 0.4) is 0 Å². The maximum Gasteiger partial charge on any atom is 0.215 e. The molecule has 2 aromatic heterocycles. The second kappa shape index (κ2) is 7.59. The van der Waals surface area contributed by atoms with Gasteiger partial charge in [-0.2, -0.15) is 0 Å². The predicted octanol–water partition coefficient (Wildman–Crippen LogP) is 5.72. The second-order valence-electron chi connectivity index (χ2n) is 6.59. The van der Waals surface area contributed by atoms with Gasteiger partial charge in [0, 0.05) is 25.7 Å². The van der Waals surface area contributed by atoms with Crippen molar-refractivity contribution in [3.05, 3.63) is 55.6 Å². The van der Waals surface area contributed by atoms with Crippen molar-refractivity contribution in [1.29, 1.82) is 0 Å². The van der Waals surface area contributed by atoms with Gasteiger partial charge < -0.3 is 9.73 Å². The average Bonchev–Trinajstić information content (AvgIpc) is 3.28. The molecule has 0 bridgehead atoms. The minimum absolute atomic E-state index is 0.490. The van der Waals surface area contributed by atoms with E-state index >= 15 is 0 Å². The van der Waals surface area contributed by atoms with E-state index < -0.39 is 0 Å². The summed E-state index contributed by atoms with van der Waals surface area (Å²) in [6.45, 7) is 5.09. The fourth-order valence-electron chi connectivity index (χ4n) is 2.92. The fraction of sp³-hybridized carbons (Fsp3) is 0.211. The number of halogens is 2. The molecule has 4 aromatic rings. The summed E-state index contributed by atoms with van der Waals surface area (Å²) >= 11 is 6.02. The van der Waals surface area contributed by atoms with E-state index in [-0.39, 0.29) is 0 Å². The number of nitrogens with zero attached hydrogens (tertiary/aromatic N) is 3. The quantitative estimate of drug-likeness (QED) is 0.318. The molecule has 138 valence electrons. The highest BCUT2D eigenvalue weighted by Gasteiger charge is 2.12. The summed E-state index contributed by atoms with van der Waals surface area (Å²) in [5.74, 6) is 1.64. The fourth-order valence-corrected chi connectivity index (χ4v) is 4.44. The van der Waals surface area contributed by atoms with E-state index in [2.05, 4.69) is 109 Å². The molecule has 0 spiro atoms. The second-order valence-corrected chi connectivity index (χ2v) is 8.60. The number of furan rings is 1. The van der Waals surface area contributed by atoms with Crippen LogP contribution in [-0.4, -0.2) is 20.6 Å². The standard InChI is InChI=1S/C19H17BrIN5O/c1-10(2)14-4-3-13(8-15(14)20)22-9-12-7-17-11(5-16(12)21)6-18(27-17)19-23-25-26-24-19/h3-8,10,22H,9H2,1-2H3,(H,23,24,25,26). The zero-order valence-electron chi connectivity index (χ0n) is 14.8. The molecule has 4 rings (SSSR count). The third-order valence-corrected chi connectivity index (χ3v) is 6.06. The van der Waals surface area contributed by atoms with Crippen LogP contribution in [0.2, 0.25) is 0 Å². The van der Waals surface area contributed by atoms with E-state index in [0.29, 0.717) is 24.0 Å². The Bertz CT molecular complexity index is 1090. The zero-order chi connectivity index (χ0) is 19.0. The third-order valence-electron chi connectivity index (χ3n) is 4.37. The summed E-state index contributed by atoms with van der Waals surface area (Å²) in [7, 11) is 0. The van der Waals surface area contributed by atoms with E-state index in [1.807, 2.05) is 6.07 Å². The first kappa shape index (κ1) is 18.4. The molecule has 0 aliphatic carbocycles. The molecule has 0 atom stereocenters. The lowest BCUT2D eigenvalue weighted by atomic mass is 10.0. The van der Waals surface area contributed by atoms with Crippen molar-refractivity contribution >= 4 is 55.2 Å². The van der Waals surface area contributed by atoms with Gasteiger partial charge in [0.15, 0.2) is 5.76 Å². The minimum atomic E-state index is 0.490. The molecule has 27 heavy (non-hydrogen) atoms. The van der Waals surface area contributed by atoms with Crippen molar-refractivity contribution in [3.63, 3.8) is 0 Å². The molecule has 0 saturated heterocycles. The molecule has 0 fully saturated rings. The molecule has 0 aliphatic rings. The summed E-state index contributed by atoms with van der Waals surface area (Å²) < 4.78 is 8.21. The van der Waals surface area contributed by atoms with E-state index in [4.69, 9.17) is 4.42 Å². The lowest BCUT2D eigenvalue weighted by molar-refractivity contribution is 0.625. The van der Waals surface area contributed by atoms with Crippen molar-refractivity contribution in [2.75, 3.05) is 5.32 Å². The van der Waals surface area contributed by atoms with Crippen LogP contribution in [0.4, 0.5) is 5.69 Å². The Hall–Kier alpha value is -1.94. The summed E-state index contributed by atoms with van der Waals surface area (Å²) in [6.07, 6.45) is 0. The van der Waals surface area contributed by atoms with E-state index in [0.717, 1.165) is 21.1 Å². The van der Waals surface area contributed by atoms with Crippen LogP contribution in [0.25, 0.3) is 22.6 Å². The van der Waals surface area contributed by atoms with Gasteiger partial charge in [-0.25, -0.2) is 5.10 Å². The Balaban J connectivity index is 1.57. The highest BCUT2D eigenvalue weighted by Crippen LogP contribution is 2.30. The number of fused-ring (bicyclic) bond motifs is 1. The van der Waals surface area contributed by atoms with Crippen molar-refractivity contribution in [2.24, 2.45) is 0 Å². The monoisotopic (exact) mass is 537 g/mol. The first-order chi connectivity index (χ1) is 13.0. The number of rotatable bonds is 5. The average molecular weight is 538 g/mol. The van der Waals surface area contributed by atoms with Crippen molar-refractivity contribution in [3.8, 4) is 11.6 Å². The van der Waals surface area contributed by atoms with E-state index in [1.165, 1.54) is 14.7 Å². The van der Waals surface area contributed by atoms with Gasteiger partial charge in [-0.15, -0.1) is 5.10 Å². The molecular weight excluding hydrogens is 521 g/mol. The number of aromatic nitrogens is 4. The molecule has 8 heteroatoms. The topological polar surface area (TPSA) is 79.6 Å². The van der Waals surface area contributed by atoms with Crippen LogP contribution in [0.15, 0.2) is 45.3 Å². The molecule has 2 N–H and O–H groups in total. The Morgan fingerprint density at radius 1 is 1.22 bits per heavy atom. The van der Waals surface area contributed by atoms with Crippen LogP contribution in [0.5, 0.6) is 0 Å². The van der Waals surface area contributed by atoms with Gasteiger partial charge in [-0.3, -0.25) is 0 Å². The first-order valence-electron chi connectivity index (χ1n) is 8.50. The summed E-state index contributed by atoms with van der Waals surface area (Å²) in [5.41, 5.74) is 4.37. The van der Waals surface area contributed by atoms with Crippen LogP contribution in [0.1, 0.15) is 30.9 Å². The molecular formula is C19H17BrIN5O. The van der Waals surface area contributed by atoms with E-state index in [9.17, 15) is 0 Å². The highest BCUT2D eigenvalue weighted by molar-refractivity contribution is 14.1. The normalized spacial score (nSPS) is 11.4. The van der Waals surface area contributed by atoms with Crippen LogP contribution in [-0.2, 0) is 6.54 Å². The molecule has 0 unspecified atom stereocenters. The van der Waals surface area contributed by atoms with Gasteiger partial charge in [-0.1, -0.05) is 35.8 Å². The van der Waals surface area contributed by atoms with Gasteiger partial charge in [0.2, 0.25) is 5.82 Å². The van der Waals surface area contributed by atoms with Gasteiger partial charge in [-0.05, 0) is 80.4 Å². The van der Waals surface area contributed by atoms with Crippen LogP contribution in [0, 0.1) is 3.57 Å². The van der Waals surface area contributed by atoms with Crippen LogP contribution >= 0.6 is 38.5 Å².